The zero-order chi connectivity index (χ0) is 17.4. The first-order valence-corrected chi connectivity index (χ1v) is 7.46. The van der Waals surface area contributed by atoms with Gasteiger partial charge in [-0.15, -0.1) is 0 Å². The number of rotatable bonds is 2. The van der Waals surface area contributed by atoms with E-state index >= 15 is 0 Å². The maximum absolute atomic E-state index is 12.7. The Bertz CT molecular complexity index is 624. The van der Waals surface area contributed by atoms with E-state index in [0.717, 1.165) is 11.1 Å². The minimum atomic E-state index is -0.835. The number of nitrogens with one attached hydrogen (secondary N) is 1. The Kier molecular flexibility index (Phi) is 4.63. The molecule has 126 valence electrons. The summed E-state index contributed by atoms with van der Waals surface area (Å²) in [7, 11) is 0. The highest BCUT2D eigenvalue weighted by Gasteiger charge is 2.39. The van der Waals surface area contributed by atoms with Crippen molar-refractivity contribution >= 4 is 11.8 Å². The molecule has 1 aromatic rings. The van der Waals surface area contributed by atoms with E-state index in [2.05, 4.69) is 0 Å². The van der Waals surface area contributed by atoms with Gasteiger partial charge in [-0.25, -0.2) is 5.48 Å². The van der Waals surface area contributed by atoms with Crippen LogP contribution < -0.4 is 11.2 Å². The average Bonchev–Trinajstić information content (AvgIpc) is 2.50. The molecule has 2 atom stereocenters. The number of carbonyl (C=O) groups excluding carboxylic acids is 2. The topological polar surface area (TPSA) is 116 Å². The summed E-state index contributed by atoms with van der Waals surface area (Å²) in [5, 5.41) is 18.6. The van der Waals surface area contributed by atoms with Gasteiger partial charge in [-0.1, -0.05) is 26.8 Å². The molecule has 0 aromatic heterocycles. The van der Waals surface area contributed by atoms with Gasteiger partial charge in [0.1, 0.15) is 11.8 Å². The molecular weight excluding hydrogens is 298 g/mol. The lowest BCUT2D eigenvalue weighted by molar-refractivity contribution is -0.148. The van der Waals surface area contributed by atoms with Crippen molar-refractivity contribution in [2.45, 2.75) is 45.8 Å². The Morgan fingerprint density at radius 1 is 1.35 bits per heavy atom. The zero-order valence-corrected chi connectivity index (χ0v) is 13.5. The molecule has 23 heavy (non-hydrogen) atoms. The number of nitrogens with zero attached hydrogens (tertiary/aromatic N) is 1. The molecule has 0 saturated carbocycles. The SMILES string of the molecule is CC(C)(C)[C@H](N)C(=O)N1Cc2cc(O)ccc2C[C@H]1C(=O)NO. The van der Waals surface area contributed by atoms with Gasteiger partial charge in [0.2, 0.25) is 5.91 Å². The minimum Gasteiger partial charge on any atom is -0.508 e. The first-order valence-electron chi connectivity index (χ1n) is 7.46. The molecule has 0 bridgehead atoms. The Balaban J connectivity index is 2.38. The molecule has 1 aliphatic heterocycles. The van der Waals surface area contributed by atoms with Crippen LogP contribution in [0.25, 0.3) is 0 Å². The number of hydroxylamine groups is 1. The number of phenolic OH excluding ortho intramolecular Hbond substituents is 1. The molecule has 0 aliphatic carbocycles. The predicted molar refractivity (Wildman–Crippen MR) is 83.5 cm³/mol. The molecule has 7 heteroatoms. The van der Waals surface area contributed by atoms with E-state index in [1.54, 1.807) is 17.6 Å². The minimum absolute atomic E-state index is 0.0985. The second kappa shape index (κ2) is 6.17. The summed E-state index contributed by atoms with van der Waals surface area (Å²) in [6, 6.07) is 3.21. The van der Waals surface area contributed by atoms with Gasteiger partial charge in [-0.2, -0.15) is 0 Å². The van der Waals surface area contributed by atoms with Crippen LogP contribution >= 0.6 is 0 Å². The third-order valence-electron chi connectivity index (χ3n) is 4.22. The van der Waals surface area contributed by atoms with Crippen LogP contribution in [0.15, 0.2) is 18.2 Å². The predicted octanol–water partition coefficient (Wildman–Crippen LogP) is 0.524. The van der Waals surface area contributed by atoms with Crippen molar-refractivity contribution in [3.63, 3.8) is 0 Å². The van der Waals surface area contributed by atoms with Crippen molar-refractivity contribution in [1.82, 2.24) is 10.4 Å². The van der Waals surface area contributed by atoms with Gasteiger partial charge in [0.15, 0.2) is 0 Å². The third-order valence-corrected chi connectivity index (χ3v) is 4.22. The standard InChI is InChI=1S/C16H23N3O4/c1-16(2,3)13(17)15(22)19-8-10-6-11(20)5-4-9(10)7-12(19)14(21)18-23/h4-6,12-13,20,23H,7-8,17H2,1-3H3,(H,18,21)/t12-,13+/m0/s1. The maximum atomic E-state index is 12.7. The summed E-state index contributed by atoms with van der Waals surface area (Å²) in [6.07, 6.45) is 0.255. The second-order valence-corrected chi connectivity index (χ2v) is 6.96. The van der Waals surface area contributed by atoms with Crippen molar-refractivity contribution in [1.29, 1.82) is 0 Å². The molecule has 0 saturated heterocycles. The Labute approximate surface area is 135 Å². The summed E-state index contributed by atoms with van der Waals surface area (Å²) in [5.41, 5.74) is 8.82. The van der Waals surface area contributed by atoms with Crippen molar-refractivity contribution < 1.29 is 19.9 Å². The maximum Gasteiger partial charge on any atom is 0.266 e. The van der Waals surface area contributed by atoms with E-state index < -0.39 is 23.4 Å². The fraction of sp³-hybridized carbons (Fsp3) is 0.500. The highest BCUT2D eigenvalue weighted by atomic mass is 16.5. The van der Waals surface area contributed by atoms with Gasteiger partial charge in [0, 0.05) is 13.0 Å². The summed E-state index contributed by atoms with van der Waals surface area (Å²) >= 11 is 0. The fourth-order valence-electron chi connectivity index (χ4n) is 2.66. The van der Waals surface area contributed by atoms with Crippen molar-refractivity contribution in [3.05, 3.63) is 29.3 Å². The summed E-state index contributed by atoms with van der Waals surface area (Å²) in [4.78, 5) is 26.1. The van der Waals surface area contributed by atoms with E-state index in [-0.39, 0.29) is 24.6 Å². The van der Waals surface area contributed by atoms with E-state index in [4.69, 9.17) is 10.9 Å². The molecular formula is C16H23N3O4. The molecule has 1 aliphatic rings. The van der Waals surface area contributed by atoms with Crippen LogP contribution in [0.4, 0.5) is 0 Å². The number of hydrogen-bond acceptors (Lipinski definition) is 5. The van der Waals surface area contributed by atoms with Crippen LogP contribution in [0.1, 0.15) is 31.9 Å². The number of benzene rings is 1. The quantitative estimate of drug-likeness (QED) is 0.468. The van der Waals surface area contributed by atoms with E-state index in [0.29, 0.717) is 0 Å². The number of nitrogens with two attached hydrogens (primary N) is 1. The molecule has 2 rings (SSSR count). The Morgan fingerprint density at radius 2 is 2.00 bits per heavy atom. The van der Waals surface area contributed by atoms with Gasteiger partial charge < -0.3 is 15.7 Å². The molecule has 0 unspecified atom stereocenters. The highest BCUT2D eigenvalue weighted by molar-refractivity contribution is 5.90. The number of hydrogen-bond donors (Lipinski definition) is 4. The van der Waals surface area contributed by atoms with Gasteiger partial charge in [-0.3, -0.25) is 14.8 Å². The molecule has 5 N–H and O–H groups in total. The Morgan fingerprint density at radius 3 is 2.57 bits per heavy atom. The first kappa shape index (κ1) is 17.2. The molecule has 0 fully saturated rings. The molecule has 0 radical (unpaired) electrons. The van der Waals surface area contributed by atoms with Gasteiger partial charge in [-0.05, 0) is 28.7 Å². The third kappa shape index (κ3) is 3.46. The molecule has 2 amide bonds. The average molecular weight is 321 g/mol. The summed E-state index contributed by atoms with van der Waals surface area (Å²) in [6.45, 7) is 5.70. The number of amides is 2. The summed E-state index contributed by atoms with van der Waals surface area (Å²) < 4.78 is 0. The second-order valence-electron chi connectivity index (χ2n) is 6.96. The van der Waals surface area contributed by atoms with Crippen molar-refractivity contribution in [2.24, 2.45) is 11.1 Å². The van der Waals surface area contributed by atoms with Gasteiger partial charge in [0.25, 0.3) is 5.91 Å². The molecule has 0 spiro atoms. The smallest absolute Gasteiger partial charge is 0.266 e. The van der Waals surface area contributed by atoms with Crippen molar-refractivity contribution in [2.75, 3.05) is 0 Å². The van der Waals surface area contributed by atoms with Crippen LogP contribution in [-0.4, -0.2) is 39.1 Å². The highest BCUT2D eigenvalue weighted by Crippen LogP contribution is 2.29. The molecule has 1 heterocycles. The van der Waals surface area contributed by atoms with Gasteiger partial charge in [0.05, 0.1) is 6.04 Å². The van der Waals surface area contributed by atoms with Crippen LogP contribution in [0.2, 0.25) is 0 Å². The lowest BCUT2D eigenvalue weighted by Gasteiger charge is -2.39. The molecule has 1 aromatic carbocycles. The number of phenols is 1. The van der Waals surface area contributed by atoms with Crippen LogP contribution in [-0.2, 0) is 22.6 Å². The van der Waals surface area contributed by atoms with Crippen LogP contribution in [0.3, 0.4) is 0 Å². The van der Waals surface area contributed by atoms with Gasteiger partial charge >= 0.3 is 0 Å². The van der Waals surface area contributed by atoms with E-state index in [1.807, 2.05) is 20.8 Å². The number of carbonyl (C=O) groups is 2. The lowest BCUT2D eigenvalue weighted by Crippen LogP contribution is -2.58. The zero-order valence-electron chi connectivity index (χ0n) is 13.5. The fourth-order valence-corrected chi connectivity index (χ4v) is 2.66. The summed E-state index contributed by atoms with van der Waals surface area (Å²) in [5.74, 6) is -0.917. The van der Waals surface area contributed by atoms with Crippen LogP contribution in [0, 0.1) is 5.41 Å². The molecule has 7 nitrogen and oxygen atoms in total. The lowest BCUT2D eigenvalue weighted by atomic mass is 9.85. The van der Waals surface area contributed by atoms with Crippen LogP contribution in [0.5, 0.6) is 5.75 Å². The largest absolute Gasteiger partial charge is 0.508 e. The Hall–Kier alpha value is -2.12. The number of fused-ring (bicyclic) bond motifs is 1. The monoisotopic (exact) mass is 321 g/mol. The normalized spacial score (nSPS) is 19.0. The van der Waals surface area contributed by atoms with E-state index in [1.165, 1.54) is 11.0 Å². The number of aromatic hydroxyl groups is 1. The first-order chi connectivity index (χ1) is 10.6. The van der Waals surface area contributed by atoms with E-state index in [9.17, 15) is 14.7 Å². The van der Waals surface area contributed by atoms with Crippen molar-refractivity contribution in [3.8, 4) is 5.75 Å².